The van der Waals surface area contributed by atoms with Crippen molar-refractivity contribution in [2.45, 2.75) is 24.2 Å². The van der Waals surface area contributed by atoms with Crippen LogP contribution in [0.25, 0.3) is 0 Å². The van der Waals surface area contributed by atoms with Crippen LogP contribution in [0.5, 0.6) is 0 Å². The summed E-state index contributed by atoms with van der Waals surface area (Å²) in [5, 5.41) is -3.09. The van der Waals surface area contributed by atoms with Crippen LogP contribution in [0.1, 0.15) is 12.8 Å². The Morgan fingerprint density at radius 3 is 1.60 bits per heavy atom. The van der Waals surface area contributed by atoms with Crippen molar-refractivity contribution in [3.8, 4) is 0 Å². The minimum Gasteiger partial charge on any atom is -0.324 e. The Balaban J connectivity index is 5.57. The second-order valence-corrected chi connectivity index (χ2v) is 5.00. The van der Waals surface area contributed by atoms with E-state index in [2.05, 4.69) is 13.2 Å². The molecule has 0 saturated heterocycles. The van der Waals surface area contributed by atoms with E-state index in [9.17, 15) is 17.7 Å². The van der Waals surface area contributed by atoms with E-state index in [1.54, 1.807) is 0 Å². The molecule has 2 N–H and O–H groups in total. The van der Waals surface area contributed by atoms with E-state index >= 15 is 0 Å². The Kier molecular flexibility index (Phi) is 4.34. The molecule has 0 amide bonds. The first-order valence-corrected chi connectivity index (χ1v) is 5.58. The molecule has 0 aliphatic carbocycles. The molecule has 0 saturated carbocycles. The highest BCUT2D eigenvalue weighted by atomic mass is 31.2. The van der Waals surface area contributed by atoms with Gasteiger partial charge in [-0.15, -0.1) is 13.2 Å². The molecule has 0 radical (unpaired) electrons. The van der Waals surface area contributed by atoms with Crippen LogP contribution in [0.4, 0.5) is 13.2 Å². The standard InChI is InChI=1S/C8H12F3O3P/c1-3-5-7(6-4-2,8(9,10)11)15(12,13)14/h3-4H,1-2,5-6H2,(H2,12,13,14). The van der Waals surface area contributed by atoms with E-state index in [-0.39, 0.29) is 0 Å². The molecule has 3 nitrogen and oxygen atoms in total. The molecule has 0 heterocycles. The molecule has 0 fully saturated rings. The lowest BCUT2D eigenvalue weighted by Crippen LogP contribution is -2.44. The third-order valence-electron chi connectivity index (χ3n) is 2.05. The maximum Gasteiger partial charge on any atom is 0.406 e. The van der Waals surface area contributed by atoms with Gasteiger partial charge in [-0.2, -0.15) is 13.2 Å². The van der Waals surface area contributed by atoms with Crippen molar-refractivity contribution in [3.05, 3.63) is 25.3 Å². The van der Waals surface area contributed by atoms with Crippen LogP contribution >= 0.6 is 7.60 Å². The Bertz CT molecular complexity index is 282. The summed E-state index contributed by atoms with van der Waals surface area (Å²) in [5.41, 5.74) is 0. The highest BCUT2D eigenvalue weighted by Gasteiger charge is 2.64. The summed E-state index contributed by atoms with van der Waals surface area (Å²) in [6, 6.07) is 0. The van der Waals surface area contributed by atoms with Gasteiger partial charge in [0.05, 0.1) is 0 Å². The number of rotatable bonds is 5. The quantitative estimate of drug-likeness (QED) is 0.577. The van der Waals surface area contributed by atoms with E-state index in [1.807, 2.05) is 0 Å². The first kappa shape index (κ1) is 14.4. The van der Waals surface area contributed by atoms with Crippen LogP contribution in [0.2, 0.25) is 0 Å². The average Bonchev–Trinajstić information content (AvgIpc) is 1.99. The van der Waals surface area contributed by atoms with E-state index in [0.29, 0.717) is 0 Å². The van der Waals surface area contributed by atoms with Crippen molar-refractivity contribution in [2.24, 2.45) is 0 Å². The van der Waals surface area contributed by atoms with Gasteiger partial charge in [0.25, 0.3) is 0 Å². The summed E-state index contributed by atoms with van der Waals surface area (Å²) in [6.45, 7) is 6.15. The first-order valence-electron chi connectivity index (χ1n) is 3.96. The zero-order chi connectivity index (χ0) is 12.3. The zero-order valence-electron chi connectivity index (χ0n) is 7.87. The van der Waals surface area contributed by atoms with E-state index < -0.39 is 31.8 Å². The molecule has 0 spiro atoms. The Morgan fingerprint density at radius 1 is 1.13 bits per heavy atom. The molecule has 15 heavy (non-hydrogen) atoms. The minimum atomic E-state index is -5.33. The van der Waals surface area contributed by atoms with Crippen molar-refractivity contribution in [3.63, 3.8) is 0 Å². The van der Waals surface area contributed by atoms with Crippen molar-refractivity contribution in [1.82, 2.24) is 0 Å². The summed E-state index contributed by atoms with van der Waals surface area (Å²) in [6.07, 6.45) is -5.00. The SMILES string of the molecule is C=CCC(CC=C)(C(F)(F)F)P(=O)(O)O. The molecule has 0 bridgehead atoms. The van der Waals surface area contributed by atoms with Gasteiger partial charge in [0.15, 0.2) is 5.16 Å². The number of allylic oxidation sites excluding steroid dienone is 2. The predicted molar refractivity (Wildman–Crippen MR) is 50.5 cm³/mol. The van der Waals surface area contributed by atoms with Crippen LogP contribution in [-0.2, 0) is 4.57 Å². The first-order chi connectivity index (χ1) is 6.62. The summed E-state index contributed by atoms with van der Waals surface area (Å²) >= 11 is 0. The van der Waals surface area contributed by atoms with Gasteiger partial charge in [-0.1, -0.05) is 12.2 Å². The molecule has 88 valence electrons. The average molecular weight is 244 g/mol. The molecular weight excluding hydrogens is 232 g/mol. The predicted octanol–water partition coefficient (Wildman–Crippen LogP) is 2.62. The van der Waals surface area contributed by atoms with Crippen LogP contribution in [0, 0.1) is 0 Å². The van der Waals surface area contributed by atoms with Gasteiger partial charge in [0.1, 0.15) is 0 Å². The van der Waals surface area contributed by atoms with Gasteiger partial charge in [0.2, 0.25) is 0 Å². The normalized spacial score (nSPS) is 13.7. The second-order valence-electron chi connectivity index (χ2n) is 3.06. The number of hydrogen-bond acceptors (Lipinski definition) is 1. The van der Waals surface area contributed by atoms with E-state index in [0.717, 1.165) is 12.2 Å². The molecule has 0 aromatic heterocycles. The van der Waals surface area contributed by atoms with E-state index in [1.165, 1.54) is 0 Å². The van der Waals surface area contributed by atoms with Gasteiger partial charge in [-0.25, -0.2) is 0 Å². The molecule has 7 heteroatoms. The molecular formula is C8H12F3O3P. The van der Waals surface area contributed by atoms with Crippen LogP contribution in [-0.4, -0.2) is 21.1 Å². The fourth-order valence-corrected chi connectivity index (χ4v) is 2.26. The summed E-state index contributed by atoms with van der Waals surface area (Å²) in [5.74, 6) is 0. The Hall–Kier alpha value is -0.580. The minimum absolute atomic E-state index is 0.840. The topological polar surface area (TPSA) is 57.5 Å². The van der Waals surface area contributed by atoms with Crippen LogP contribution < -0.4 is 0 Å². The lowest BCUT2D eigenvalue weighted by Gasteiger charge is -2.34. The second kappa shape index (κ2) is 4.51. The van der Waals surface area contributed by atoms with Crippen LogP contribution in [0.3, 0.4) is 0 Å². The molecule has 0 unspecified atom stereocenters. The zero-order valence-corrected chi connectivity index (χ0v) is 8.76. The fourth-order valence-electron chi connectivity index (χ4n) is 1.20. The molecule has 0 aliphatic heterocycles. The molecule has 0 aliphatic rings. The lowest BCUT2D eigenvalue weighted by molar-refractivity contribution is -0.165. The lowest BCUT2D eigenvalue weighted by atomic mass is 9.99. The van der Waals surface area contributed by atoms with E-state index in [4.69, 9.17) is 9.79 Å². The van der Waals surface area contributed by atoms with Gasteiger partial charge in [-0.05, 0) is 12.8 Å². The maximum absolute atomic E-state index is 12.7. The van der Waals surface area contributed by atoms with Crippen molar-refractivity contribution < 1.29 is 27.5 Å². The smallest absolute Gasteiger partial charge is 0.324 e. The maximum atomic E-state index is 12.7. The summed E-state index contributed by atoms with van der Waals surface area (Å²) in [4.78, 5) is 17.6. The van der Waals surface area contributed by atoms with Gasteiger partial charge >= 0.3 is 13.8 Å². The summed E-state index contributed by atoms with van der Waals surface area (Å²) < 4.78 is 48.9. The van der Waals surface area contributed by atoms with Crippen LogP contribution in [0.15, 0.2) is 25.3 Å². The fraction of sp³-hybridized carbons (Fsp3) is 0.500. The molecule has 0 aromatic carbocycles. The largest absolute Gasteiger partial charge is 0.406 e. The van der Waals surface area contributed by atoms with Crippen molar-refractivity contribution >= 4 is 7.60 Å². The Labute approximate surface area is 85.5 Å². The third-order valence-corrected chi connectivity index (χ3v) is 3.78. The van der Waals surface area contributed by atoms with Crippen molar-refractivity contribution in [2.75, 3.05) is 0 Å². The molecule has 0 rings (SSSR count). The third kappa shape index (κ3) is 2.71. The monoisotopic (exact) mass is 244 g/mol. The number of alkyl halides is 3. The molecule has 0 aromatic rings. The number of hydrogen-bond donors (Lipinski definition) is 2. The molecule has 0 atom stereocenters. The van der Waals surface area contributed by atoms with Gasteiger partial charge in [0, 0.05) is 0 Å². The van der Waals surface area contributed by atoms with Gasteiger partial charge < -0.3 is 9.79 Å². The number of halogens is 3. The van der Waals surface area contributed by atoms with Gasteiger partial charge in [-0.3, -0.25) is 4.57 Å². The van der Waals surface area contributed by atoms with Crippen molar-refractivity contribution in [1.29, 1.82) is 0 Å². The highest BCUT2D eigenvalue weighted by molar-refractivity contribution is 7.53. The highest BCUT2D eigenvalue weighted by Crippen LogP contribution is 2.62. The summed E-state index contributed by atoms with van der Waals surface area (Å²) in [7, 11) is -5.33. The Morgan fingerprint density at radius 2 is 1.47 bits per heavy atom.